The minimum absolute atomic E-state index is 0.320. The highest BCUT2D eigenvalue weighted by Crippen LogP contribution is 2.40. The first kappa shape index (κ1) is 17.9. The van der Waals surface area contributed by atoms with Gasteiger partial charge in [-0.05, 0) is 50.8 Å². The second-order valence-corrected chi connectivity index (χ2v) is 8.94. The zero-order chi connectivity index (χ0) is 18.1. The van der Waals surface area contributed by atoms with Crippen LogP contribution in [0.5, 0.6) is 0 Å². The summed E-state index contributed by atoms with van der Waals surface area (Å²) >= 11 is 1.75. The van der Waals surface area contributed by atoms with Gasteiger partial charge in [-0.2, -0.15) is 0 Å². The van der Waals surface area contributed by atoms with Crippen molar-refractivity contribution < 1.29 is 4.79 Å². The van der Waals surface area contributed by atoms with Crippen molar-refractivity contribution in [3.63, 3.8) is 0 Å². The van der Waals surface area contributed by atoms with Gasteiger partial charge in [0.25, 0.3) is 0 Å². The van der Waals surface area contributed by atoms with E-state index in [4.69, 9.17) is 4.98 Å². The van der Waals surface area contributed by atoms with Crippen molar-refractivity contribution in [2.75, 3.05) is 13.1 Å². The Morgan fingerprint density at radius 3 is 2.77 bits per heavy atom. The first-order chi connectivity index (χ1) is 12.7. The fourth-order valence-corrected chi connectivity index (χ4v) is 5.86. The number of nitrogens with zero attached hydrogens (tertiary/aromatic N) is 2. The fourth-order valence-electron chi connectivity index (χ4n) is 4.75. The lowest BCUT2D eigenvalue weighted by atomic mass is 9.77. The van der Waals surface area contributed by atoms with E-state index in [0.29, 0.717) is 18.0 Å². The van der Waals surface area contributed by atoms with E-state index in [0.717, 1.165) is 55.7 Å². The standard InChI is InChI=1S/C21H29N3OS/c1-3-21(4-2,13-19-23-17-7-5-6-8-18(17)26-19)20(25)24-15-9-10-16(24)14-22-12-11-15/h5-8,15-16,22H,3-4,9-14H2,1-2H3. The summed E-state index contributed by atoms with van der Waals surface area (Å²) in [4.78, 5) is 20.9. The third kappa shape index (κ3) is 3.05. The quantitative estimate of drug-likeness (QED) is 0.864. The molecule has 0 saturated carbocycles. The zero-order valence-corrected chi connectivity index (χ0v) is 16.6. The number of aromatic nitrogens is 1. The number of carbonyl (C=O) groups excluding carboxylic acids is 1. The largest absolute Gasteiger partial charge is 0.335 e. The fraction of sp³-hybridized carbons (Fsp3) is 0.619. The van der Waals surface area contributed by atoms with Gasteiger partial charge in [-0.3, -0.25) is 4.79 Å². The molecule has 4 nitrogen and oxygen atoms in total. The molecule has 2 saturated heterocycles. The van der Waals surface area contributed by atoms with E-state index in [2.05, 4.69) is 42.3 Å². The van der Waals surface area contributed by atoms with E-state index < -0.39 is 0 Å². The highest BCUT2D eigenvalue weighted by Gasteiger charge is 2.46. The summed E-state index contributed by atoms with van der Waals surface area (Å²) in [7, 11) is 0. The number of thiazole rings is 1. The molecule has 0 spiro atoms. The van der Waals surface area contributed by atoms with Crippen LogP contribution in [0.2, 0.25) is 0 Å². The maximum Gasteiger partial charge on any atom is 0.229 e. The van der Waals surface area contributed by atoms with Crippen LogP contribution in [0.3, 0.4) is 0 Å². The minimum Gasteiger partial charge on any atom is -0.335 e. The maximum atomic E-state index is 13.8. The lowest BCUT2D eigenvalue weighted by molar-refractivity contribution is -0.145. The highest BCUT2D eigenvalue weighted by molar-refractivity contribution is 7.18. The van der Waals surface area contributed by atoms with Gasteiger partial charge in [-0.1, -0.05) is 26.0 Å². The van der Waals surface area contributed by atoms with Gasteiger partial charge in [0.2, 0.25) is 5.91 Å². The summed E-state index contributed by atoms with van der Waals surface area (Å²) in [5.74, 6) is 0.373. The molecule has 2 aliphatic rings. The maximum absolute atomic E-state index is 13.8. The highest BCUT2D eigenvalue weighted by atomic mass is 32.1. The summed E-state index contributed by atoms with van der Waals surface area (Å²) in [6.45, 7) is 6.33. The van der Waals surface area contributed by atoms with Crippen LogP contribution in [0.4, 0.5) is 0 Å². The summed E-state index contributed by atoms with van der Waals surface area (Å²) in [6.07, 6.45) is 5.93. The molecule has 0 radical (unpaired) electrons. The SMILES string of the molecule is CCC(CC)(Cc1nc2ccccc2s1)C(=O)N1C2CCNCC1CC2. The van der Waals surface area contributed by atoms with Gasteiger partial charge < -0.3 is 10.2 Å². The molecular formula is C21H29N3OS. The molecule has 5 heteroatoms. The van der Waals surface area contributed by atoms with Crippen LogP contribution in [0.25, 0.3) is 10.2 Å². The Labute approximate surface area is 160 Å². The normalized spacial score (nSPS) is 23.4. The van der Waals surface area contributed by atoms with E-state index in [1.165, 1.54) is 11.1 Å². The Balaban J connectivity index is 1.63. The molecule has 1 aromatic carbocycles. The van der Waals surface area contributed by atoms with Crippen LogP contribution in [-0.2, 0) is 11.2 Å². The van der Waals surface area contributed by atoms with Crippen LogP contribution < -0.4 is 5.32 Å². The summed E-state index contributed by atoms with van der Waals surface area (Å²) in [5, 5.41) is 4.61. The lowest BCUT2D eigenvalue weighted by Crippen LogP contribution is -2.50. The average Bonchev–Trinajstić information content (AvgIpc) is 3.17. The van der Waals surface area contributed by atoms with E-state index >= 15 is 0 Å². The Morgan fingerprint density at radius 1 is 1.23 bits per heavy atom. The Morgan fingerprint density at radius 2 is 2.00 bits per heavy atom. The molecule has 1 aromatic heterocycles. The van der Waals surface area contributed by atoms with E-state index in [-0.39, 0.29) is 5.41 Å². The van der Waals surface area contributed by atoms with Gasteiger partial charge >= 0.3 is 0 Å². The van der Waals surface area contributed by atoms with Crippen molar-refractivity contribution >= 4 is 27.5 Å². The summed E-state index contributed by atoms with van der Waals surface area (Å²) < 4.78 is 1.22. The van der Waals surface area contributed by atoms with Gasteiger partial charge in [0.05, 0.1) is 20.6 Å². The second-order valence-electron chi connectivity index (χ2n) is 7.83. The number of rotatable bonds is 5. The van der Waals surface area contributed by atoms with Crippen LogP contribution in [-0.4, -0.2) is 41.0 Å². The number of fused-ring (bicyclic) bond motifs is 3. The van der Waals surface area contributed by atoms with Crippen LogP contribution in [0.15, 0.2) is 24.3 Å². The van der Waals surface area contributed by atoms with Crippen LogP contribution >= 0.6 is 11.3 Å². The van der Waals surface area contributed by atoms with Crippen molar-refractivity contribution in [2.24, 2.45) is 5.41 Å². The summed E-state index contributed by atoms with van der Waals surface area (Å²) in [5.41, 5.74) is 0.735. The predicted molar refractivity (Wildman–Crippen MR) is 107 cm³/mol. The van der Waals surface area contributed by atoms with Crippen LogP contribution in [0.1, 0.15) is 51.0 Å². The molecule has 1 amide bonds. The van der Waals surface area contributed by atoms with Gasteiger partial charge in [0, 0.05) is 25.0 Å². The lowest BCUT2D eigenvalue weighted by Gasteiger charge is -2.38. The Hall–Kier alpha value is -1.46. The number of carbonyl (C=O) groups is 1. The van der Waals surface area contributed by atoms with E-state index in [1.807, 2.05) is 6.07 Å². The van der Waals surface area contributed by atoms with Crippen molar-refractivity contribution in [1.29, 1.82) is 0 Å². The van der Waals surface area contributed by atoms with Crippen molar-refractivity contribution in [3.05, 3.63) is 29.3 Å². The molecule has 140 valence electrons. The smallest absolute Gasteiger partial charge is 0.229 e. The van der Waals surface area contributed by atoms with Gasteiger partial charge in [-0.15, -0.1) is 11.3 Å². The molecule has 1 N–H and O–H groups in total. The predicted octanol–water partition coefficient (Wildman–Crippen LogP) is 4.00. The summed E-state index contributed by atoms with van der Waals surface area (Å²) in [6, 6.07) is 9.09. The van der Waals surface area contributed by atoms with Gasteiger partial charge in [-0.25, -0.2) is 4.98 Å². The molecule has 2 unspecified atom stereocenters. The molecule has 2 atom stereocenters. The van der Waals surface area contributed by atoms with Gasteiger partial charge in [0.15, 0.2) is 0 Å². The Kier molecular flexibility index (Phi) is 5.02. The molecular weight excluding hydrogens is 342 g/mol. The molecule has 2 bridgehead atoms. The number of hydrogen-bond donors (Lipinski definition) is 1. The zero-order valence-electron chi connectivity index (χ0n) is 15.8. The molecule has 26 heavy (non-hydrogen) atoms. The Bertz CT molecular complexity index is 735. The number of para-hydroxylation sites is 1. The first-order valence-electron chi connectivity index (χ1n) is 10.0. The number of benzene rings is 1. The monoisotopic (exact) mass is 371 g/mol. The molecule has 4 rings (SSSR count). The van der Waals surface area contributed by atoms with Gasteiger partial charge in [0.1, 0.15) is 0 Å². The minimum atomic E-state index is -0.320. The van der Waals surface area contributed by atoms with E-state index in [9.17, 15) is 4.79 Å². The second kappa shape index (κ2) is 7.28. The molecule has 2 aromatic rings. The third-order valence-corrected chi connectivity index (χ3v) is 7.56. The first-order valence-corrected chi connectivity index (χ1v) is 10.9. The number of amides is 1. The molecule has 2 fully saturated rings. The average molecular weight is 372 g/mol. The third-order valence-electron chi connectivity index (χ3n) is 6.52. The molecule has 2 aliphatic heterocycles. The molecule has 0 aliphatic carbocycles. The van der Waals surface area contributed by atoms with E-state index in [1.54, 1.807) is 11.3 Å². The van der Waals surface area contributed by atoms with Crippen LogP contribution in [0, 0.1) is 5.41 Å². The number of hydrogen-bond acceptors (Lipinski definition) is 4. The van der Waals surface area contributed by atoms with Crippen molar-refractivity contribution in [2.45, 2.75) is 64.5 Å². The van der Waals surface area contributed by atoms with Crippen molar-refractivity contribution in [3.8, 4) is 0 Å². The topological polar surface area (TPSA) is 45.2 Å². The number of nitrogens with one attached hydrogen (secondary N) is 1. The molecule has 3 heterocycles. The van der Waals surface area contributed by atoms with Crippen molar-refractivity contribution in [1.82, 2.24) is 15.2 Å².